The fraction of sp³-hybridized carbons (Fsp3) is 0.0909. The number of hydrogen-bond donors (Lipinski definition) is 1. The van der Waals surface area contributed by atoms with Crippen molar-refractivity contribution < 1.29 is 4.74 Å². The molecule has 2 rings (SSSR count). The van der Waals surface area contributed by atoms with Crippen molar-refractivity contribution in [3.05, 3.63) is 46.4 Å². The van der Waals surface area contributed by atoms with Crippen LogP contribution in [-0.4, -0.2) is 10.2 Å². The van der Waals surface area contributed by atoms with Crippen LogP contribution in [0.1, 0.15) is 5.56 Å². The van der Waals surface area contributed by atoms with E-state index in [4.69, 9.17) is 10.5 Å². The SMILES string of the molecule is Nc1ccc(OCc2cccc(Br)c2)nn1. The van der Waals surface area contributed by atoms with Gasteiger partial charge in [-0.3, -0.25) is 0 Å². The second-order valence-corrected chi connectivity index (χ2v) is 4.13. The minimum Gasteiger partial charge on any atom is -0.472 e. The molecule has 0 aliphatic rings. The van der Waals surface area contributed by atoms with Gasteiger partial charge in [0.1, 0.15) is 12.4 Å². The Hall–Kier alpha value is -1.62. The van der Waals surface area contributed by atoms with Gasteiger partial charge in [0.15, 0.2) is 0 Å². The maximum atomic E-state index is 5.45. The third-order valence-electron chi connectivity index (χ3n) is 1.94. The van der Waals surface area contributed by atoms with Crippen LogP contribution >= 0.6 is 15.9 Å². The number of nitrogens with zero attached hydrogens (tertiary/aromatic N) is 2. The minimum absolute atomic E-state index is 0.384. The van der Waals surface area contributed by atoms with Crippen molar-refractivity contribution in [1.82, 2.24) is 10.2 Å². The molecule has 0 bridgehead atoms. The number of rotatable bonds is 3. The molecule has 0 aliphatic heterocycles. The molecule has 0 unspecified atom stereocenters. The Balaban J connectivity index is 1.99. The second kappa shape index (κ2) is 4.94. The van der Waals surface area contributed by atoms with Gasteiger partial charge in [-0.1, -0.05) is 28.1 Å². The summed E-state index contributed by atoms with van der Waals surface area (Å²) in [7, 11) is 0. The van der Waals surface area contributed by atoms with E-state index < -0.39 is 0 Å². The Bertz CT molecular complexity index is 473. The molecule has 0 radical (unpaired) electrons. The number of anilines is 1. The molecule has 0 saturated carbocycles. The number of benzene rings is 1. The van der Waals surface area contributed by atoms with Crippen molar-refractivity contribution in [1.29, 1.82) is 0 Å². The normalized spacial score (nSPS) is 10.1. The van der Waals surface area contributed by atoms with Crippen LogP contribution in [0.2, 0.25) is 0 Å². The number of hydrogen-bond acceptors (Lipinski definition) is 4. The molecule has 0 fully saturated rings. The molecule has 1 aromatic carbocycles. The van der Waals surface area contributed by atoms with E-state index >= 15 is 0 Å². The van der Waals surface area contributed by atoms with Gasteiger partial charge in [-0.05, 0) is 23.8 Å². The Labute approximate surface area is 102 Å². The van der Waals surface area contributed by atoms with Gasteiger partial charge in [0.2, 0.25) is 5.88 Å². The average molecular weight is 280 g/mol. The molecule has 4 nitrogen and oxygen atoms in total. The van der Waals surface area contributed by atoms with E-state index in [-0.39, 0.29) is 0 Å². The highest BCUT2D eigenvalue weighted by Crippen LogP contribution is 2.14. The maximum Gasteiger partial charge on any atom is 0.233 e. The van der Waals surface area contributed by atoms with Crippen LogP contribution in [0.25, 0.3) is 0 Å². The van der Waals surface area contributed by atoms with Crippen molar-refractivity contribution in [2.45, 2.75) is 6.61 Å². The highest BCUT2D eigenvalue weighted by atomic mass is 79.9. The molecule has 5 heteroatoms. The van der Waals surface area contributed by atoms with Crippen molar-refractivity contribution in [2.75, 3.05) is 5.73 Å². The predicted octanol–water partition coefficient (Wildman–Crippen LogP) is 2.40. The van der Waals surface area contributed by atoms with Crippen molar-refractivity contribution >= 4 is 21.7 Å². The highest BCUT2D eigenvalue weighted by Gasteiger charge is 1.98. The van der Waals surface area contributed by atoms with Crippen molar-refractivity contribution in [3.63, 3.8) is 0 Å². The molecule has 0 saturated heterocycles. The first-order valence-corrected chi connectivity index (χ1v) is 5.50. The fourth-order valence-corrected chi connectivity index (χ4v) is 1.64. The monoisotopic (exact) mass is 279 g/mol. The Morgan fingerprint density at radius 2 is 2.06 bits per heavy atom. The number of aromatic nitrogens is 2. The van der Waals surface area contributed by atoms with Gasteiger partial charge >= 0.3 is 0 Å². The molecule has 0 spiro atoms. The van der Waals surface area contributed by atoms with E-state index in [0.717, 1.165) is 10.0 Å². The Kier molecular flexibility index (Phi) is 3.36. The predicted molar refractivity (Wildman–Crippen MR) is 64.9 cm³/mol. The lowest BCUT2D eigenvalue weighted by molar-refractivity contribution is 0.290. The summed E-state index contributed by atoms with van der Waals surface area (Å²) in [5, 5.41) is 7.51. The van der Waals surface area contributed by atoms with E-state index in [2.05, 4.69) is 26.1 Å². The molecular weight excluding hydrogens is 270 g/mol. The summed E-state index contributed by atoms with van der Waals surface area (Å²) in [5.74, 6) is 0.851. The molecule has 2 N–H and O–H groups in total. The van der Waals surface area contributed by atoms with Crippen LogP contribution in [0.3, 0.4) is 0 Å². The molecule has 82 valence electrons. The van der Waals surface area contributed by atoms with Gasteiger partial charge in [-0.25, -0.2) is 0 Å². The number of ether oxygens (including phenoxy) is 1. The quantitative estimate of drug-likeness (QED) is 0.937. The second-order valence-electron chi connectivity index (χ2n) is 3.22. The summed E-state index contributed by atoms with van der Waals surface area (Å²) in [4.78, 5) is 0. The van der Waals surface area contributed by atoms with Crippen LogP contribution in [-0.2, 0) is 6.61 Å². The molecule has 0 aliphatic carbocycles. The van der Waals surface area contributed by atoms with Crippen molar-refractivity contribution in [2.24, 2.45) is 0 Å². The van der Waals surface area contributed by atoms with Gasteiger partial charge in [0.05, 0.1) is 0 Å². The Morgan fingerprint density at radius 3 is 2.75 bits per heavy atom. The van der Waals surface area contributed by atoms with E-state index in [1.54, 1.807) is 12.1 Å². The Morgan fingerprint density at radius 1 is 1.19 bits per heavy atom. The molecular formula is C11H10BrN3O. The molecule has 0 amide bonds. The van der Waals surface area contributed by atoms with Crippen LogP contribution in [0, 0.1) is 0 Å². The smallest absolute Gasteiger partial charge is 0.233 e. The summed E-state index contributed by atoms with van der Waals surface area (Å²) in [5.41, 5.74) is 6.48. The third kappa shape index (κ3) is 2.93. The first-order chi connectivity index (χ1) is 7.74. The zero-order valence-corrected chi connectivity index (χ0v) is 10.0. The lowest BCUT2D eigenvalue weighted by atomic mass is 10.2. The zero-order chi connectivity index (χ0) is 11.4. The van der Waals surface area contributed by atoms with Crippen LogP contribution < -0.4 is 10.5 Å². The van der Waals surface area contributed by atoms with Gasteiger partial charge in [0.25, 0.3) is 0 Å². The van der Waals surface area contributed by atoms with E-state index in [1.165, 1.54) is 0 Å². The van der Waals surface area contributed by atoms with Gasteiger partial charge in [-0.2, -0.15) is 0 Å². The number of nitrogens with two attached hydrogens (primary N) is 1. The standard InChI is InChI=1S/C11H10BrN3O/c12-9-3-1-2-8(6-9)7-16-11-5-4-10(13)14-15-11/h1-6H,7H2,(H2,13,14). The van der Waals surface area contributed by atoms with Gasteiger partial charge < -0.3 is 10.5 Å². The highest BCUT2D eigenvalue weighted by molar-refractivity contribution is 9.10. The minimum atomic E-state index is 0.384. The van der Waals surface area contributed by atoms with Crippen molar-refractivity contribution in [3.8, 4) is 5.88 Å². The summed E-state index contributed by atoms with van der Waals surface area (Å²) >= 11 is 3.40. The van der Waals surface area contributed by atoms with Gasteiger partial charge in [-0.15, -0.1) is 10.2 Å². The number of halogens is 1. The van der Waals surface area contributed by atoms with E-state index in [0.29, 0.717) is 18.3 Å². The lowest BCUT2D eigenvalue weighted by Gasteiger charge is -2.04. The summed E-state index contributed by atoms with van der Waals surface area (Å²) < 4.78 is 6.48. The molecule has 1 heterocycles. The molecule has 1 aromatic heterocycles. The fourth-order valence-electron chi connectivity index (χ4n) is 1.19. The average Bonchev–Trinajstić information content (AvgIpc) is 2.28. The first-order valence-electron chi connectivity index (χ1n) is 4.70. The van der Waals surface area contributed by atoms with Crippen LogP contribution in [0.4, 0.5) is 5.82 Å². The topological polar surface area (TPSA) is 61.0 Å². The molecule has 0 atom stereocenters. The van der Waals surface area contributed by atoms with E-state index in [1.807, 2.05) is 24.3 Å². The zero-order valence-electron chi connectivity index (χ0n) is 8.43. The van der Waals surface area contributed by atoms with E-state index in [9.17, 15) is 0 Å². The first kappa shape index (κ1) is 10.9. The van der Waals surface area contributed by atoms with Gasteiger partial charge in [0, 0.05) is 10.5 Å². The summed E-state index contributed by atoms with van der Waals surface area (Å²) in [6.45, 7) is 0.456. The largest absolute Gasteiger partial charge is 0.472 e. The maximum absolute atomic E-state index is 5.45. The van der Waals surface area contributed by atoms with Crippen LogP contribution in [0.5, 0.6) is 5.88 Å². The summed E-state index contributed by atoms with van der Waals surface area (Å²) in [6.07, 6.45) is 0. The third-order valence-corrected chi connectivity index (χ3v) is 2.43. The lowest BCUT2D eigenvalue weighted by Crippen LogP contribution is -1.99. The van der Waals surface area contributed by atoms with Crippen LogP contribution in [0.15, 0.2) is 40.9 Å². The molecule has 2 aromatic rings. The number of nitrogen functional groups attached to an aromatic ring is 1. The summed E-state index contributed by atoms with van der Waals surface area (Å²) in [6, 6.07) is 11.2. The molecule has 16 heavy (non-hydrogen) atoms.